The lowest BCUT2D eigenvalue weighted by Crippen LogP contribution is -2.08. The predicted molar refractivity (Wildman–Crippen MR) is 53.9 cm³/mol. The Labute approximate surface area is 83.2 Å². The lowest BCUT2D eigenvalue weighted by molar-refractivity contribution is 0.630. The second-order valence-corrected chi connectivity index (χ2v) is 4.02. The van der Waals surface area contributed by atoms with Crippen LogP contribution in [0.15, 0.2) is 17.9 Å². The van der Waals surface area contributed by atoms with Gasteiger partial charge in [-0.25, -0.2) is 4.98 Å². The van der Waals surface area contributed by atoms with Crippen LogP contribution < -0.4 is 0 Å². The molecule has 0 amide bonds. The molecule has 0 radical (unpaired) electrons. The lowest BCUT2D eigenvalue weighted by atomic mass is 10.0. The monoisotopic (exact) mass is 196 g/mol. The average Bonchev–Trinajstić information content (AvgIpc) is 2.48. The molecule has 3 heteroatoms. The number of hydrogen-bond acceptors (Lipinski definition) is 1. The Morgan fingerprint density at radius 1 is 1.54 bits per heavy atom. The number of allylic oxidation sites excluding steroid dienone is 1. The van der Waals surface area contributed by atoms with Gasteiger partial charge in [0, 0.05) is 10.7 Å². The van der Waals surface area contributed by atoms with Crippen LogP contribution in [0.1, 0.15) is 24.2 Å². The fraction of sp³-hybridized carbons (Fsp3) is 0.500. The van der Waals surface area contributed by atoms with Crippen molar-refractivity contribution in [2.45, 2.75) is 32.2 Å². The van der Waals surface area contributed by atoms with E-state index < -0.39 is 0 Å². The summed E-state index contributed by atoms with van der Waals surface area (Å²) < 4.78 is 2.11. The minimum Gasteiger partial charge on any atom is -0.329 e. The maximum atomic E-state index is 5.77. The van der Waals surface area contributed by atoms with Gasteiger partial charge >= 0.3 is 0 Å². The summed E-state index contributed by atoms with van der Waals surface area (Å²) in [5.41, 5.74) is 2.61. The molecule has 70 valence electrons. The summed E-state index contributed by atoms with van der Waals surface area (Å²) >= 11 is 5.77. The Bertz CT molecular complexity index is 328. The van der Waals surface area contributed by atoms with E-state index in [1.54, 1.807) is 0 Å². The third-order valence-corrected chi connectivity index (χ3v) is 2.57. The van der Waals surface area contributed by atoms with Gasteiger partial charge in [-0.2, -0.15) is 0 Å². The number of nitrogens with zero attached hydrogens (tertiary/aromatic N) is 2. The Morgan fingerprint density at radius 3 is 3.08 bits per heavy atom. The number of aromatic nitrogens is 2. The zero-order valence-corrected chi connectivity index (χ0v) is 8.35. The van der Waals surface area contributed by atoms with Crippen molar-refractivity contribution in [2.24, 2.45) is 0 Å². The lowest BCUT2D eigenvalue weighted by Gasteiger charge is -2.13. The molecule has 0 saturated carbocycles. The van der Waals surface area contributed by atoms with Gasteiger partial charge < -0.3 is 4.57 Å². The summed E-state index contributed by atoms with van der Waals surface area (Å²) in [6.07, 6.45) is 6.68. The molecule has 1 aliphatic carbocycles. The molecule has 0 atom stereocenters. The SMILES string of the molecule is C=C(Cl)Cn1cnc2c1CCCC2. The molecule has 0 saturated heterocycles. The summed E-state index contributed by atoms with van der Waals surface area (Å²) in [6, 6.07) is 0. The molecule has 1 aromatic rings. The zero-order valence-electron chi connectivity index (χ0n) is 7.59. The van der Waals surface area contributed by atoms with Gasteiger partial charge in [0.2, 0.25) is 0 Å². The van der Waals surface area contributed by atoms with Gasteiger partial charge in [-0.1, -0.05) is 18.2 Å². The third-order valence-electron chi connectivity index (χ3n) is 2.45. The molecule has 0 spiro atoms. The maximum absolute atomic E-state index is 5.77. The Kier molecular flexibility index (Phi) is 2.40. The average molecular weight is 197 g/mol. The van der Waals surface area contributed by atoms with Crippen molar-refractivity contribution in [3.63, 3.8) is 0 Å². The van der Waals surface area contributed by atoms with Crippen molar-refractivity contribution in [3.05, 3.63) is 29.3 Å². The second-order valence-electron chi connectivity index (χ2n) is 3.49. The van der Waals surface area contributed by atoms with Gasteiger partial charge in [0.1, 0.15) is 0 Å². The largest absolute Gasteiger partial charge is 0.329 e. The van der Waals surface area contributed by atoms with Crippen molar-refractivity contribution in [1.29, 1.82) is 0 Å². The number of hydrogen-bond donors (Lipinski definition) is 0. The molecule has 0 fully saturated rings. The second kappa shape index (κ2) is 3.54. The highest BCUT2D eigenvalue weighted by Crippen LogP contribution is 2.20. The minimum atomic E-state index is 0.672. The van der Waals surface area contributed by atoms with Crippen LogP contribution in [0, 0.1) is 0 Å². The third kappa shape index (κ3) is 1.78. The van der Waals surface area contributed by atoms with Crippen LogP contribution in [0.5, 0.6) is 0 Å². The minimum absolute atomic E-state index is 0.672. The van der Waals surface area contributed by atoms with Gasteiger partial charge in [0.25, 0.3) is 0 Å². The summed E-state index contributed by atoms with van der Waals surface area (Å²) in [4.78, 5) is 4.37. The van der Waals surface area contributed by atoms with E-state index >= 15 is 0 Å². The van der Waals surface area contributed by atoms with Crippen LogP contribution in [0.2, 0.25) is 0 Å². The number of rotatable bonds is 2. The Morgan fingerprint density at radius 2 is 2.31 bits per heavy atom. The van der Waals surface area contributed by atoms with Gasteiger partial charge in [-0.05, 0) is 25.7 Å². The fourth-order valence-electron chi connectivity index (χ4n) is 1.85. The zero-order chi connectivity index (χ0) is 9.26. The molecule has 1 aromatic heterocycles. The molecule has 0 bridgehead atoms. The van der Waals surface area contributed by atoms with Crippen molar-refractivity contribution < 1.29 is 0 Å². The smallest absolute Gasteiger partial charge is 0.0955 e. The normalized spacial score (nSPS) is 15.5. The number of imidazole rings is 1. The topological polar surface area (TPSA) is 17.8 Å². The Hall–Kier alpha value is -0.760. The first-order valence-corrected chi connectivity index (χ1v) is 5.01. The molecule has 2 nitrogen and oxygen atoms in total. The van der Waals surface area contributed by atoms with Crippen LogP contribution in [0.25, 0.3) is 0 Å². The molecular weight excluding hydrogens is 184 g/mol. The fourth-order valence-corrected chi connectivity index (χ4v) is 1.98. The first-order valence-electron chi connectivity index (χ1n) is 4.63. The quantitative estimate of drug-likeness (QED) is 0.711. The van der Waals surface area contributed by atoms with Crippen molar-refractivity contribution in [3.8, 4) is 0 Å². The first kappa shape index (κ1) is 8.82. The van der Waals surface area contributed by atoms with E-state index in [0.717, 1.165) is 12.8 Å². The standard InChI is InChI=1S/C10H13ClN2/c1-8(11)6-13-7-12-9-4-2-3-5-10(9)13/h7H,1-6H2. The molecule has 1 heterocycles. The van der Waals surface area contributed by atoms with E-state index in [2.05, 4.69) is 16.1 Å². The van der Waals surface area contributed by atoms with Crippen LogP contribution in [0.3, 0.4) is 0 Å². The van der Waals surface area contributed by atoms with E-state index in [4.69, 9.17) is 11.6 Å². The van der Waals surface area contributed by atoms with Gasteiger partial charge in [0.05, 0.1) is 18.6 Å². The highest BCUT2D eigenvalue weighted by molar-refractivity contribution is 6.29. The van der Waals surface area contributed by atoms with Gasteiger partial charge in [-0.3, -0.25) is 0 Å². The van der Waals surface area contributed by atoms with Crippen molar-refractivity contribution in [2.75, 3.05) is 0 Å². The first-order chi connectivity index (χ1) is 6.27. The van der Waals surface area contributed by atoms with E-state index in [-0.39, 0.29) is 0 Å². The van der Waals surface area contributed by atoms with Crippen LogP contribution in [0.4, 0.5) is 0 Å². The number of fused-ring (bicyclic) bond motifs is 1. The van der Waals surface area contributed by atoms with Crippen molar-refractivity contribution in [1.82, 2.24) is 9.55 Å². The molecule has 2 rings (SSSR count). The van der Waals surface area contributed by atoms with Crippen LogP contribution >= 0.6 is 11.6 Å². The predicted octanol–water partition coefficient (Wildman–Crippen LogP) is 2.51. The molecule has 0 aromatic carbocycles. The van der Waals surface area contributed by atoms with Gasteiger partial charge in [-0.15, -0.1) is 0 Å². The molecule has 13 heavy (non-hydrogen) atoms. The van der Waals surface area contributed by atoms with Crippen molar-refractivity contribution >= 4 is 11.6 Å². The number of aryl methyl sites for hydroxylation is 1. The molecule has 1 aliphatic rings. The summed E-state index contributed by atoms with van der Waals surface area (Å²) in [5.74, 6) is 0. The molecule has 0 N–H and O–H groups in total. The maximum Gasteiger partial charge on any atom is 0.0955 e. The molecule has 0 unspecified atom stereocenters. The number of halogens is 1. The van der Waals surface area contributed by atoms with E-state index in [1.165, 1.54) is 24.2 Å². The summed E-state index contributed by atoms with van der Waals surface area (Å²) in [5, 5.41) is 0.672. The summed E-state index contributed by atoms with van der Waals surface area (Å²) in [6.45, 7) is 4.39. The van der Waals surface area contributed by atoms with E-state index in [0.29, 0.717) is 11.6 Å². The van der Waals surface area contributed by atoms with E-state index in [1.807, 2.05) is 6.33 Å². The molecular formula is C10H13ClN2. The van der Waals surface area contributed by atoms with Gasteiger partial charge in [0.15, 0.2) is 0 Å². The van der Waals surface area contributed by atoms with Crippen LogP contribution in [-0.4, -0.2) is 9.55 Å². The highest BCUT2D eigenvalue weighted by Gasteiger charge is 2.14. The van der Waals surface area contributed by atoms with E-state index in [9.17, 15) is 0 Å². The summed E-state index contributed by atoms with van der Waals surface area (Å²) in [7, 11) is 0. The van der Waals surface area contributed by atoms with Crippen LogP contribution in [-0.2, 0) is 19.4 Å². The Balaban J connectivity index is 2.26. The highest BCUT2D eigenvalue weighted by atomic mass is 35.5. The molecule has 0 aliphatic heterocycles.